The summed E-state index contributed by atoms with van der Waals surface area (Å²) in [6, 6.07) is 3.91. The van der Waals surface area contributed by atoms with Crippen LogP contribution in [0.4, 0.5) is 5.82 Å². The SMILES string of the molecule is O=c1c(N2CCC(Cn3nc(C4CC4)ccc3=O)CC2)nccn1C1CC1. The Morgan fingerprint density at radius 3 is 2.48 bits per heavy atom. The van der Waals surface area contributed by atoms with Crippen molar-refractivity contribution in [3.63, 3.8) is 0 Å². The Hall–Kier alpha value is -2.44. The van der Waals surface area contributed by atoms with Gasteiger partial charge in [-0.05, 0) is 50.5 Å². The standard InChI is InChI=1S/C20H25N5O2/c26-18-6-5-17(15-1-2-15)22-25(18)13-14-7-10-23(11-8-14)19-20(27)24(12-9-21-19)16-3-4-16/h5-6,9,12,14-16H,1-4,7-8,10-11,13H2. The highest BCUT2D eigenvalue weighted by Gasteiger charge is 2.29. The number of anilines is 1. The van der Waals surface area contributed by atoms with Crippen molar-refractivity contribution < 1.29 is 0 Å². The lowest BCUT2D eigenvalue weighted by Gasteiger charge is -2.32. The molecular formula is C20H25N5O2. The predicted molar refractivity (Wildman–Crippen MR) is 102 cm³/mol. The first-order valence-corrected chi connectivity index (χ1v) is 10.1. The van der Waals surface area contributed by atoms with E-state index in [0.29, 0.717) is 30.2 Å². The van der Waals surface area contributed by atoms with Crippen molar-refractivity contribution in [1.29, 1.82) is 0 Å². The second-order valence-electron chi connectivity index (χ2n) is 8.18. The van der Waals surface area contributed by atoms with E-state index in [1.807, 2.05) is 10.6 Å². The summed E-state index contributed by atoms with van der Waals surface area (Å²) in [7, 11) is 0. The van der Waals surface area contributed by atoms with Gasteiger partial charge >= 0.3 is 0 Å². The molecule has 7 nitrogen and oxygen atoms in total. The minimum Gasteiger partial charge on any atom is -0.352 e. The van der Waals surface area contributed by atoms with Crippen LogP contribution in [-0.2, 0) is 6.54 Å². The Morgan fingerprint density at radius 2 is 1.78 bits per heavy atom. The van der Waals surface area contributed by atoms with E-state index in [9.17, 15) is 9.59 Å². The third kappa shape index (κ3) is 3.42. The lowest BCUT2D eigenvalue weighted by Crippen LogP contribution is -2.40. The predicted octanol–water partition coefficient (Wildman–Crippen LogP) is 1.93. The maximum Gasteiger partial charge on any atom is 0.293 e. The molecule has 5 rings (SSSR count). The molecule has 27 heavy (non-hydrogen) atoms. The zero-order valence-corrected chi connectivity index (χ0v) is 15.5. The van der Waals surface area contributed by atoms with E-state index in [2.05, 4.69) is 15.0 Å². The zero-order chi connectivity index (χ0) is 18.4. The zero-order valence-electron chi connectivity index (χ0n) is 15.5. The summed E-state index contributed by atoms with van der Waals surface area (Å²) in [5.41, 5.74) is 1.08. The molecule has 1 saturated heterocycles. The lowest BCUT2D eigenvalue weighted by molar-refractivity contribution is 0.332. The summed E-state index contributed by atoms with van der Waals surface area (Å²) in [6.07, 6.45) is 10.00. The van der Waals surface area contributed by atoms with Crippen LogP contribution in [-0.4, -0.2) is 32.4 Å². The molecule has 0 bridgehead atoms. The molecule has 3 heterocycles. The normalized spacial score (nSPS) is 20.8. The average molecular weight is 367 g/mol. The highest BCUT2D eigenvalue weighted by atomic mass is 16.1. The third-order valence-electron chi connectivity index (χ3n) is 6.02. The maximum absolute atomic E-state index is 12.7. The van der Waals surface area contributed by atoms with Gasteiger partial charge in [0.15, 0.2) is 5.82 Å². The lowest BCUT2D eigenvalue weighted by atomic mass is 9.97. The van der Waals surface area contributed by atoms with Crippen LogP contribution in [0.2, 0.25) is 0 Å². The molecule has 0 N–H and O–H groups in total. The van der Waals surface area contributed by atoms with E-state index in [1.54, 1.807) is 23.1 Å². The molecule has 2 saturated carbocycles. The monoisotopic (exact) mass is 367 g/mol. The van der Waals surface area contributed by atoms with Gasteiger partial charge in [-0.3, -0.25) is 9.59 Å². The smallest absolute Gasteiger partial charge is 0.293 e. The van der Waals surface area contributed by atoms with Gasteiger partial charge < -0.3 is 9.47 Å². The molecule has 0 amide bonds. The van der Waals surface area contributed by atoms with Crippen molar-refractivity contribution in [3.05, 3.63) is 50.9 Å². The van der Waals surface area contributed by atoms with Gasteiger partial charge in [0, 0.05) is 50.1 Å². The van der Waals surface area contributed by atoms with Crippen molar-refractivity contribution in [2.75, 3.05) is 18.0 Å². The maximum atomic E-state index is 12.7. The Bertz CT molecular complexity index is 949. The van der Waals surface area contributed by atoms with Crippen LogP contribution in [0.5, 0.6) is 0 Å². The van der Waals surface area contributed by atoms with Crippen LogP contribution in [0.1, 0.15) is 56.2 Å². The third-order valence-corrected chi connectivity index (χ3v) is 6.02. The van der Waals surface area contributed by atoms with Gasteiger partial charge in [0.1, 0.15) is 0 Å². The van der Waals surface area contributed by atoms with Gasteiger partial charge in [0.05, 0.1) is 5.69 Å². The molecule has 2 aromatic rings. The number of rotatable bonds is 5. The second kappa shape index (κ2) is 6.62. The molecule has 0 aromatic carbocycles. The van der Waals surface area contributed by atoms with Crippen molar-refractivity contribution in [2.24, 2.45) is 5.92 Å². The highest BCUT2D eigenvalue weighted by Crippen LogP contribution is 2.38. The minimum atomic E-state index is -0.0149. The molecule has 142 valence electrons. The largest absolute Gasteiger partial charge is 0.352 e. The first-order chi connectivity index (χ1) is 13.2. The first-order valence-electron chi connectivity index (χ1n) is 10.1. The van der Waals surface area contributed by atoms with Crippen LogP contribution >= 0.6 is 0 Å². The van der Waals surface area contributed by atoms with E-state index in [1.165, 1.54) is 12.8 Å². The second-order valence-corrected chi connectivity index (χ2v) is 8.18. The Balaban J connectivity index is 1.26. The highest BCUT2D eigenvalue weighted by molar-refractivity contribution is 5.36. The molecule has 1 aliphatic heterocycles. The molecule has 0 radical (unpaired) electrons. The summed E-state index contributed by atoms with van der Waals surface area (Å²) in [6.45, 7) is 2.28. The molecular weight excluding hydrogens is 342 g/mol. The van der Waals surface area contributed by atoms with Gasteiger partial charge in [-0.2, -0.15) is 5.10 Å². The van der Waals surface area contributed by atoms with Gasteiger partial charge in [-0.25, -0.2) is 9.67 Å². The van der Waals surface area contributed by atoms with E-state index in [-0.39, 0.29) is 11.1 Å². The summed E-state index contributed by atoms with van der Waals surface area (Å²) in [5.74, 6) is 1.54. The molecule has 0 atom stereocenters. The summed E-state index contributed by atoms with van der Waals surface area (Å²) in [5, 5.41) is 4.58. The summed E-state index contributed by atoms with van der Waals surface area (Å²) >= 11 is 0. The number of aromatic nitrogens is 4. The van der Waals surface area contributed by atoms with Crippen LogP contribution < -0.4 is 16.0 Å². The van der Waals surface area contributed by atoms with Crippen LogP contribution in [0.3, 0.4) is 0 Å². The van der Waals surface area contributed by atoms with Gasteiger partial charge in [-0.1, -0.05) is 0 Å². The quantitative estimate of drug-likeness (QED) is 0.807. The number of hydrogen-bond acceptors (Lipinski definition) is 5. The Kier molecular flexibility index (Phi) is 4.10. The minimum absolute atomic E-state index is 0.0149. The van der Waals surface area contributed by atoms with Crippen LogP contribution in [0.25, 0.3) is 0 Å². The van der Waals surface area contributed by atoms with E-state index in [0.717, 1.165) is 44.5 Å². The topological polar surface area (TPSA) is 73.0 Å². The number of nitrogens with zero attached hydrogens (tertiary/aromatic N) is 5. The number of piperidine rings is 1. The van der Waals surface area contributed by atoms with Gasteiger partial charge in [-0.15, -0.1) is 0 Å². The average Bonchev–Trinajstić information content (AvgIpc) is 3.56. The van der Waals surface area contributed by atoms with Crippen molar-refractivity contribution in [2.45, 2.75) is 57.0 Å². The molecule has 2 aromatic heterocycles. The molecule has 0 unspecified atom stereocenters. The molecule has 3 aliphatic rings. The number of hydrogen-bond donors (Lipinski definition) is 0. The van der Waals surface area contributed by atoms with Crippen molar-refractivity contribution in [3.8, 4) is 0 Å². The Labute approximate surface area is 157 Å². The Morgan fingerprint density at radius 1 is 1.00 bits per heavy atom. The van der Waals surface area contributed by atoms with Crippen molar-refractivity contribution >= 4 is 5.82 Å². The fourth-order valence-electron chi connectivity index (χ4n) is 4.04. The first kappa shape index (κ1) is 16.7. The summed E-state index contributed by atoms with van der Waals surface area (Å²) in [4.78, 5) is 31.3. The molecule has 3 fully saturated rings. The van der Waals surface area contributed by atoms with Crippen LogP contribution in [0, 0.1) is 5.92 Å². The molecule has 7 heteroatoms. The fourth-order valence-corrected chi connectivity index (χ4v) is 4.04. The van der Waals surface area contributed by atoms with E-state index in [4.69, 9.17) is 0 Å². The van der Waals surface area contributed by atoms with Gasteiger partial charge in [0.2, 0.25) is 0 Å². The van der Waals surface area contributed by atoms with E-state index < -0.39 is 0 Å². The van der Waals surface area contributed by atoms with Crippen LogP contribution in [0.15, 0.2) is 34.1 Å². The fraction of sp³-hybridized carbons (Fsp3) is 0.600. The van der Waals surface area contributed by atoms with Gasteiger partial charge in [0.25, 0.3) is 11.1 Å². The molecule has 2 aliphatic carbocycles. The van der Waals surface area contributed by atoms with Crippen molar-refractivity contribution in [1.82, 2.24) is 19.3 Å². The molecule has 0 spiro atoms. The van der Waals surface area contributed by atoms with E-state index >= 15 is 0 Å². The summed E-state index contributed by atoms with van der Waals surface area (Å²) < 4.78 is 3.48.